The Labute approximate surface area is 109 Å². The first-order valence-corrected chi connectivity index (χ1v) is 6.80. The number of anilines is 1. The Morgan fingerprint density at radius 1 is 1.33 bits per heavy atom. The van der Waals surface area contributed by atoms with Crippen LogP contribution in [0.5, 0.6) is 0 Å². The van der Waals surface area contributed by atoms with Crippen LogP contribution in [0, 0.1) is 0 Å². The molecule has 0 saturated carbocycles. The van der Waals surface area contributed by atoms with E-state index in [1.165, 1.54) is 11.1 Å². The van der Waals surface area contributed by atoms with E-state index in [0.29, 0.717) is 12.5 Å². The predicted molar refractivity (Wildman–Crippen MR) is 74.9 cm³/mol. The first kappa shape index (κ1) is 13.1. The summed E-state index contributed by atoms with van der Waals surface area (Å²) in [5.74, 6) is 0.136. The summed E-state index contributed by atoms with van der Waals surface area (Å²) >= 11 is 0. The number of fused-ring (bicyclic) bond motifs is 1. The van der Waals surface area contributed by atoms with Crippen LogP contribution in [0.3, 0.4) is 0 Å². The van der Waals surface area contributed by atoms with Crippen molar-refractivity contribution in [3.8, 4) is 0 Å². The lowest BCUT2D eigenvalue weighted by Crippen LogP contribution is -2.24. The van der Waals surface area contributed by atoms with Crippen molar-refractivity contribution in [3.05, 3.63) is 29.3 Å². The quantitative estimate of drug-likeness (QED) is 0.784. The summed E-state index contributed by atoms with van der Waals surface area (Å²) in [6.45, 7) is 5.40. The summed E-state index contributed by atoms with van der Waals surface area (Å²) in [7, 11) is 0. The van der Waals surface area contributed by atoms with Crippen molar-refractivity contribution in [1.29, 1.82) is 0 Å². The van der Waals surface area contributed by atoms with Crippen LogP contribution in [0.25, 0.3) is 0 Å². The van der Waals surface area contributed by atoms with E-state index in [9.17, 15) is 4.79 Å². The second-order valence-electron chi connectivity index (χ2n) is 5.25. The highest BCUT2D eigenvalue weighted by atomic mass is 16.1. The van der Waals surface area contributed by atoms with E-state index < -0.39 is 0 Å². The fourth-order valence-electron chi connectivity index (χ4n) is 2.28. The molecule has 18 heavy (non-hydrogen) atoms. The van der Waals surface area contributed by atoms with Gasteiger partial charge >= 0.3 is 0 Å². The number of rotatable bonds is 5. The normalized spacial score (nSPS) is 14.5. The number of hydrogen-bond donors (Lipinski definition) is 2. The number of aryl methyl sites for hydroxylation is 2. The van der Waals surface area contributed by atoms with E-state index in [1.807, 2.05) is 6.07 Å². The second-order valence-corrected chi connectivity index (χ2v) is 5.25. The van der Waals surface area contributed by atoms with Gasteiger partial charge in [-0.25, -0.2) is 0 Å². The lowest BCUT2D eigenvalue weighted by Gasteiger charge is -2.17. The zero-order valence-corrected chi connectivity index (χ0v) is 11.3. The Morgan fingerprint density at radius 3 is 2.94 bits per heavy atom. The SMILES string of the molecule is CC(C)NCCCc1ccc2c(c1)CCC(=O)N2. The van der Waals surface area contributed by atoms with Crippen molar-refractivity contribution in [2.75, 3.05) is 11.9 Å². The molecule has 0 bridgehead atoms. The highest BCUT2D eigenvalue weighted by Crippen LogP contribution is 2.23. The molecule has 0 spiro atoms. The number of carbonyl (C=O) groups excluding carboxylic acids is 1. The average Bonchev–Trinajstić information content (AvgIpc) is 2.34. The van der Waals surface area contributed by atoms with Gasteiger partial charge in [-0.15, -0.1) is 0 Å². The number of benzene rings is 1. The van der Waals surface area contributed by atoms with Crippen LogP contribution in [0.4, 0.5) is 5.69 Å². The highest BCUT2D eigenvalue weighted by molar-refractivity contribution is 5.93. The molecule has 1 heterocycles. The molecule has 3 nitrogen and oxygen atoms in total. The maximum Gasteiger partial charge on any atom is 0.224 e. The van der Waals surface area contributed by atoms with Crippen molar-refractivity contribution in [1.82, 2.24) is 5.32 Å². The number of nitrogens with one attached hydrogen (secondary N) is 2. The van der Waals surface area contributed by atoms with Crippen LogP contribution in [0.15, 0.2) is 18.2 Å². The van der Waals surface area contributed by atoms with Crippen LogP contribution in [-0.4, -0.2) is 18.5 Å². The largest absolute Gasteiger partial charge is 0.326 e. The van der Waals surface area contributed by atoms with Gasteiger partial charge in [0.1, 0.15) is 0 Å². The van der Waals surface area contributed by atoms with Crippen LogP contribution < -0.4 is 10.6 Å². The monoisotopic (exact) mass is 246 g/mol. The molecule has 0 aromatic heterocycles. The van der Waals surface area contributed by atoms with E-state index in [0.717, 1.165) is 31.5 Å². The second kappa shape index (κ2) is 6.01. The maximum atomic E-state index is 11.3. The van der Waals surface area contributed by atoms with Gasteiger partial charge in [0.25, 0.3) is 0 Å². The molecule has 0 aliphatic carbocycles. The Balaban J connectivity index is 1.89. The standard InChI is InChI=1S/C15H22N2O/c1-11(2)16-9-3-4-12-5-7-14-13(10-12)6-8-15(18)17-14/h5,7,10-11,16H,3-4,6,8-9H2,1-2H3,(H,17,18). The van der Waals surface area contributed by atoms with Gasteiger partial charge in [0.15, 0.2) is 0 Å². The zero-order valence-electron chi connectivity index (χ0n) is 11.3. The fraction of sp³-hybridized carbons (Fsp3) is 0.533. The molecule has 98 valence electrons. The summed E-state index contributed by atoms with van der Waals surface area (Å²) in [6, 6.07) is 6.96. The van der Waals surface area contributed by atoms with E-state index in [2.05, 4.69) is 36.6 Å². The van der Waals surface area contributed by atoms with Crippen molar-refractivity contribution < 1.29 is 4.79 Å². The molecule has 1 aliphatic heterocycles. The minimum atomic E-state index is 0.136. The molecule has 0 radical (unpaired) electrons. The predicted octanol–water partition coefficient (Wildman–Crippen LogP) is 2.50. The molecule has 1 aromatic carbocycles. The van der Waals surface area contributed by atoms with Crippen LogP contribution >= 0.6 is 0 Å². The third-order valence-corrected chi connectivity index (χ3v) is 3.26. The molecule has 1 aromatic rings. The fourth-order valence-corrected chi connectivity index (χ4v) is 2.28. The Bertz CT molecular complexity index is 427. The summed E-state index contributed by atoms with van der Waals surface area (Å²) in [6.07, 6.45) is 3.74. The molecule has 0 atom stereocenters. The minimum absolute atomic E-state index is 0.136. The zero-order chi connectivity index (χ0) is 13.0. The molecular formula is C15H22N2O. The topological polar surface area (TPSA) is 41.1 Å². The van der Waals surface area contributed by atoms with Gasteiger partial charge in [-0.2, -0.15) is 0 Å². The first-order chi connectivity index (χ1) is 8.65. The van der Waals surface area contributed by atoms with Gasteiger partial charge in [0, 0.05) is 18.2 Å². The molecule has 1 aliphatic rings. The molecular weight excluding hydrogens is 224 g/mol. The van der Waals surface area contributed by atoms with Crippen molar-refractivity contribution >= 4 is 11.6 Å². The Kier molecular flexibility index (Phi) is 4.37. The summed E-state index contributed by atoms with van der Waals surface area (Å²) in [5.41, 5.74) is 3.65. The lowest BCUT2D eigenvalue weighted by atomic mass is 9.98. The number of hydrogen-bond acceptors (Lipinski definition) is 2. The van der Waals surface area contributed by atoms with Crippen molar-refractivity contribution in [2.45, 2.75) is 45.6 Å². The summed E-state index contributed by atoms with van der Waals surface area (Å²) in [5, 5.41) is 6.34. The third-order valence-electron chi connectivity index (χ3n) is 3.26. The maximum absolute atomic E-state index is 11.3. The minimum Gasteiger partial charge on any atom is -0.326 e. The van der Waals surface area contributed by atoms with E-state index in [1.54, 1.807) is 0 Å². The van der Waals surface area contributed by atoms with Gasteiger partial charge in [0.2, 0.25) is 5.91 Å². The molecule has 0 fully saturated rings. The number of amides is 1. The smallest absolute Gasteiger partial charge is 0.224 e. The van der Waals surface area contributed by atoms with E-state index in [4.69, 9.17) is 0 Å². The van der Waals surface area contributed by atoms with Gasteiger partial charge < -0.3 is 10.6 Å². The first-order valence-electron chi connectivity index (χ1n) is 6.80. The van der Waals surface area contributed by atoms with Crippen LogP contribution in [-0.2, 0) is 17.6 Å². The van der Waals surface area contributed by atoms with E-state index >= 15 is 0 Å². The van der Waals surface area contributed by atoms with Gasteiger partial charge in [0.05, 0.1) is 0 Å². The average molecular weight is 246 g/mol. The molecule has 2 rings (SSSR count). The van der Waals surface area contributed by atoms with Crippen molar-refractivity contribution in [3.63, 3.8) is 0 Å². The highest BCUT2D eigenvalue weighted by Gasteiger charge is 2.14. The molecule has 0 unspecified atom stereocenters. The summed E-state index contributed by atoms with van der Waals surface area (Å²) < 4.78 is 0. The molecule has 2 N–H and O–H groups in total. The molecule has 0 saturated heterocycles. The van der Waals surface area contributed by atoms with Crippen LogP contribution in [0.2, 0.25) is 0 Å². The Morgan fingerprint density at radius 2 is 2.17 bits per heavy atom. The van der Waals surface area contributed by atoms with Crippen molar-refractivity contribution in [2.24, 2.45) is 0 Å². The molecule has 1 amide bonds. The van der Waals surface area contributed by atoms with Gasteiger partial charge in [-0.1, -0.05) is 26.0 Å². The van der Waals surface area contributed by atoms with E-state index in [-0.39, 0.29) is 5.91 Å². The molecule has 3 heteroatoms. The summed E-state index contributed by atoms with van der Waals surface area (Å²) in [4.78, 5) is 11.3. The van der Waals surface area contributed by atoms with Gasteiger partial charge in [-0.05, 0) is 43.0 Å². The Hall–Kier alpha value is -1.35. The van der Waals surface area contributed by atoms with Crippen LogP contribution in [0.1, 0.15) is 37.8 Å². The number of carbonyl (C=O) groups is 1. The van der Waals surface area contributed by atoms with Gasteiger partial charge in [-0.3, -0.25) is 4.79 Å². The lowest BCUT2D eigenvalue weighted by molar-refractivity contribution is -0.116. The third kappa shape index (κ3) is 3.57.